The van der Waals surface area contributed by atoms with Crippen molar-refractivity contribution < 1.29 is 27.4 Å². The molecule has 3 rings (SSSR count). The van der Waals surface area contributed by atoms with Crippen LogP contribution in [0.15, 0.2) is 62.7 Å². The van der Waals surface area contributed by atoms with Crippen LogP contribution in [0.25, 0.3) is 6.08 Å². The van der Waals surface area contributed by atoms with Gasteiger partial charge in [-0.05, 0) is 60.5 Å². The lowest BCUT2D eigenvalue weighted by molar-refractivity contribution is -0.122. The van der Waals surface area contributed by atoms with Gasteiger partial charge in [0.1, 0.15) is 0 Å². The zero-order valence-electron chi connectivity index (χ0n) is 20.1. The van der Waals surface area contributed by atoms with Crippen molar-refractivity contribution in [1.29, 1.82) is 0 Å². The molecule has 2 aromatic carbocycles. The van der Waals surface area contributed by atoms with Gasteiger partial charge in [0, 0.05) is 20.3 Å². The van der Waals surface area contributed by atoms with Crippen LogP contribution in [0.4, 0.5) is 0 Å². The summed E-state index contributed by atoms with van der Waals surface area (Å²) >= 11 is 1.03. The highest BCUT2D eigenvalue weighted by atomic mass is 32.2. The number of carbonyl (C=O) groups excluding carboxylic acids is 1. The SMILES string of the molecule is CCCCOc1cc(C=C2SC(=NS(=O)(=O)c3ccccc3)N(CCCOC)C2=O)ccc1OC. The van der Waals surface area contributed by atoms with Gasteiger partial charge in [0.2, 0.25) is 0 Å². The third-order valence-electron chi connectivity index (χ3n) is 5.10. The van der Waals surface area contributed by atoms with Crippen molar-refractivity contribution in [1.82, 2.24) is 4.90 Å². The second-order valence-electron chi connectivity index (χ2n) is 7.69. The average molecular weight is 519 g/mol. The van der Waals surface area contributed by atoms with Crippen LogP contribution in [0.5, 0.6) is 11.5 Å². The lowest BCUT2D eigenvalue weighted by Gasteiger charge is -2.15. The number of amidine groups is 1. The molecule has 35 heavy (non-hydrogen) atoms. The molecule has 188 valence electrons. The minimum Gasteiger partial charge on any atom is -0.493 e. The Kier molecular flexibility index (Phi) is 9.76. The minimum absolute atomic E-state index is 0.0684. The van der Waals surface area contributed by atoms with Crippen LogP contribution in [-0.4, -0.2) is 58.4 Å². The molecule has 0 unspecified atom stereocenters. The first kappa shape index (κ1) is 26.8. The fourth-order valence-corrected chi connectivity index (χ4v) is 5.49. The molecule has 0 aliphatic carbocycles. The van der Waals surface area contributed by atoms with Crippen molar-refractivity contribution in [3.8, 4) is 11.5 Å². The standard InChI is InChI=1S/C25H30N2O6S2/c1-4-5-16-33-22-17-19(12-13-21(22)32-3)18-23-24(28)27(14-9-15-31-2)25(34-23)26-35(29,30)20-10-7-6-8-11-20/h6-8,10-13,17-18H,4-5,9,14-16H2,1-3H3. The Labute approximate surface area is 211 Å². The number of thioether (sulfide) groups is 1. The van der Waals surface area contributed by atoms with E-state index in [4.69, 9.17) is 14.2 Å². The molecule has 0 N–H and O–H groups in total. The molecule has 0 spiro atoms. The largest absolute Gasteiger partial charge is 0.493 e. The number of carbonyl (C=O) groups is 1. The molecular formula is C25H30N2O6S2. The summed E-state index contributed by atoms with van der Waals surface area (Å²) < 4.78 is 46.1. The highest BCUT2D eigenvalue weighted by molar-refractivity contribution is 8.19. The number of amides is 1. The van der Waals surface area contributed by atoms with Gasteiger partial charge < -0.3 is 14.2 Å². The molecule has 1 aliphatic heterocycles. The molecule has 1 heterocycles. The Bertz CT molecular complexity index is 1180. The first-order valence-electron chi connectivity index (χ1n) is 11.3. The summed E-state index contributed by atoms with van der Waals surface area (Å²) in [7, 11) is -0.830. The van der Waals surface area contributed by atoms with Gasteiger partial charge in [-0.1, -0.05) is 37.6 Å². The van der Waals surface area contributed by atoms with E-state index in [2.05, 4.69) is 11.3 Å². The van der Waals surface area contributed by atoms with Crippen LogP contribution in [0.2, 0.25) is 0 Å². The molecule has 1 aliphatic rings. The zero-order chi connectivity index (χ0) is 25.3. The van der Waals surface area contributed by atoms with Gasteiger partial charge in [-0.15, -0.1) is 4.40 Å². The Morgan fingerprint density at radius 1 is 1.03 bits per heavy atom. The number of hydrogen-bond donors (Lipinski definition) is 0. The van der Waals surface area contributed by atoms with Crippen LogP contribution >= 0.6 is 11.8 Å². The van der Waals surface area contributed by atoms with Crippen LogP contribution in [0.3, 0.4) is 0 Å². The first-order valence-corrected chi connectivity index (χ1v) is 13.6. The van der Waals surface area contributed by atoms with E-state index in [1.54, 1.807) is 50.6 Å². The fourth-order valence-electron chi connectivity index (χ4n) is 3.26. The molecule has 1 fully saturated rings. The highest BCUT2D eigenvalue weighted by Crippen LogP contribution is 2.35. The van der Waals surface area contributed by atoms with E-state index in [0.29, 0.717) is 36.0 Å². The van der Waals surface area contributed by atoms with Crippen LogP contribution < -0.4 is 9.47 Å². The molecule has 8 nitrogen and oxygen atoms in total. The highest BCUT2D eigenvalue weighted by Gasteiger charge is 2.34. The number of benzene rings is 2. The number of methoxy groups -OCH3 is 2. The van der Waals surface area contributed by atoms with Gasteiger partial charge >= 0.3 is 0 Å². The summed E-state index contributed by atoms with van der Waals surface area (Å²) in [6.45, 7) is 3.36. The van der Waals surface area contributed by atoms with Crippen molar-refractivity contribution in [3.63, 3.8) is 0 Å². The minimum atomic E-state index is -3.98. The second kappa shape index (κ2) is 12.8. The molecule has 0 bridgehead atoms. The fraction of sp³-hybridized carbons (Fsp3) is 0.360. The van der Waals surface area contributed by atoms with Crippen molar-refractivity contribution in [3.05, 3.63) is 59.0 Å². The monoisotopic (exact) mass is 518 g/mol. The Balaban J connectivity index is 1.93. The lowest BCUT2D eigenvalue weighted by atomic mass is 10.2. The number of ether oxygens (including phenoxy) is 3. The lowest BCUT2D eigenvalue weighted by Crippen LogP contribution is -2.31. The maximum atomic E-state index is 13.2. The van der Waals surface area contributed by atoms with E-state index in [0.717, 1.165) is 30.2 Å². The predicted octanol–water partition coefficient (Wildman–Crippen LogP) is 4.57. The maximum Gasteiger partial charge on any atom is 0.284 e. The number of hydrogen-bond acceptors (Lipinski definition) is 7. The quantitative estimate of drug-likeness (QED) is 0.300. The van der Waals surface area contributed by atoms with Crippen molar-refractivity contribution in [2.45, 2.75) is 31.1 Å². The van der Waals surface area contributed by atoms with Crippen molar-refractivity contribution >= 4 is 38.9 Å². The average Bonchev–Trinajstić information content (AvgIpc) is 3.13. The number of rotatable bonds is 12. The topological polar surface area (TPSA) is 94.5 Å². The predicted molar refractivity (Wildman–Crippen MR) is 138 cm³/mol. The summed E-state index contributed by atoms with van der Waals surface area (Å²) in [4.78, 5) is 15.0. The molecule has 1 saturated heterocycles. The van der Waals surface area contributed by atoms with Gasteiger partial charge in [0.15, 0.2) is 16.7 Å². The van der Waals surface area contributed by atoms with E-state index < -0.39 is 10.0 Å². The first-order chi connectivity index (χ1) is 16.9. The van der Waals surface area contributed by atoms with Gasteiger partial charge in [0.25, 0.3) is 15.9 Å². The van der Waals surface area contributed by atoms with E-state index in [1.165, 1.54) is 17.0 Å². The van der Waals surface area contributed by atoms with Crippen molar-refractivity contribution in [2.24, 2.45) is 4.40 Å². The summed E-state index contributed by atoms with van der Waals surface area (Å²) in [5.41, 5.74) is 0.733. The molecular weight excluding hydrogens is 488 g/mol. The smallest absolute Gasteiger partial charge is 0.284 e. The van der Waals surface area contributed by atoms with Crippen LogP contribution in [0.1, 0.15) is 31.7 Å². The Hall–Kier alpha value is -2.82. The van der Waals surface area contributed by atoms with E-state index in [1.807, 2.05) is 6.07 Å². The van der Waals surface area contributed by atoms with Crippen LogP contribution in [0, 0.1) is 0 Å². The number of sulfonamides is 1. The molecule has 0 radical (unpaired) electrons. The molecule has 1 amide bonds. The Morgan fingerprint density at radius 2 is 1.80 bits per heavy atom. The van der Waals surface area contributed by atoms with Gasteiger partial charge in [-0.25, -0.2) is 0 Å². The third kappa shape index (κ3) is 7.09. The number of nitrogens with zero attached hydrogens (tertiary/aromatic N) is 2. The van der Waals surface area contributed by atoms with Gasteiger partial charge in [-0.3, -0.25) is 9.69 Å². The van der Waals surface area contributed by atoms with E-state index >= 15 is 0 Å². The van der Waals surface area contributed by atoms with Gasteiger partial charge in [0.05, 0.1) is 23.5 Å². The Morgan fingerprint density at radius 3 is 2.49 bits per heavy atom. The van der Waals surface area contributed by atoms with Crippen molar-refractivity contribution in [2.75, 3.05) is 34.0 Å². The zero-order valence-corrected chi connectivity index (χ0v) is 21.7. The molecule has 10 heteroatoms. The second-order valence-corrected chi connectivity index (χ2v) is 10.3. The summed E-state index contributed by atoms with van der Waals surface area (Å²) in [6, 6.07) is 13.3. The summed E-state index contributed by atoms with van der Waals surface area (Å²) in [5.74, 6) is 0.881. The molecule has 0 aromatic heterocycles. The maximum absolute atomic E-state index is 13.2. The third-order valence-corrected chi connectivity index (χ3v) is 7.50. The molecule has 0 atom stereocenters. The van der Waals surface area contributed by atoms with E-state index in [-0.39, 0.29) is 22.5 Å². The molecule has 2 aromatic rings. The van der Waals surface area contributed by atoms with Gasteiger partial charge in [-0.2, -0.15) is 8.42 Å². The van der Waals surface area contributed by atoms with E-state index in [9.17, 15) is 13.2 Å². The normalized spacial score (nSPS) is 16.3. The summed E-state index contributed by atoms with van der Waals surface area (Å²) in [5, 5.41) is 0.120. The number of unbranched alkanes of at least 4 members (excludes halogenated alkanes) is 1. The molecule has 0 saturated carbocycles. The summed E-state index contributed by atoms with van der Waals surface area (Å²) in [6.07, 6.45) is 4.16. The van der Waals surface area contributed by atoms with Crippen LogP contribution in [-0.2, 0) is 19.6 Å².